The van der Waals surface area contributed by atoms with Crippen LogP contribution in [0, 0.1) is 6.92 Å². The van der Waals surface area contributed by atoms with Gasteiger partial charge in [-0.05, 0) is 6.92 Å². The molecule has 0 radical (unpaired) electrons. The molecule has 0 aliphatic carbocycles. The molecule has 2 fully saturated rings. The summed E-state index contributed by atoms with van der Waals surface area (Å²) in [7, 11) is -2.76. The molecule has 0 saturated carbocycles. The van der Waals surface area contributed by atoms with Crippen molar-refractivity contribution in [1.29, 1.82) is 0 Å². The van der Waals surface area contributed by atoms with Crippen LogP contribution in [0.2, 0.25) is 5.04 Å². The van der Waals surface area contributed by atoms with Crippen LogP contribution in [0.25, 0.3) is 10.8 Å². The van der Waals surface area contributed by atoms with E-state index in [9.17, 15) is 4.21 Å². The van der Waals surface area contributed by atoms with Gasteiger partial charge in [0, 0.05) is 0 Å². The van der Waals surface area contributed by atoms with E-state index in [0.29, 0.717) is 57.0 Å². The number of hydrogen-bond acceptors (Lipinski definition) is 11. The summed E-state index contributed by atoms with van der Waals surface area (Å²) in [5.41, 5.74) is 3.02. The van der Waals surface area contributed by atoms with E-state index in [2.05, 4.69) is 166 Å². The molecule has 12 atom stereocenters. The van der Waals surface area contributed by atoms with Gasteiger partial charge in [0.25, 0.3) is 0 Å². The van der Waals surface area contributed by atoms with Gasteiger partial charge in [-0.1, -0.05) is 6.07 Å². The van der Waals surface area contributed by atoms with Gasteiger partial charge in [0.05, 0.1) is 7.11 Å². The molecule has 444 valence electrons. The molecular weight excluding hydrogens is 1170 g/mol. The van der Waals surface area contributed by atoms with E-state index >= 15 is 0 Å². The van der Waals surface area contributed by atoms with Crippen molar-refractivity contribution < 1.29 is 51.3 Å². The molecule has 85 heavy (non-hydrogen) atoms. The molecule has 2 saturated heterocycles. The molecule has 0 amide bonds. The van der Waals surface area contributed by atoms with E-state index in [1.54, 1.807) is 18.8 Å². The van der Waals surface area contributed by atoms with Gasteiger partial charge in [-0.3, -0.25) is 0 Å². The topological polar surface area (TPSA) is 109 Å². The van der Waals surface area contributed by atoms with Gasteiger partial charge < -0.3 is 4.74 Å². The summed E-state index contributed by atoms with van der Waals surface area (Å²) in [6, 6.07) is 62.4. The Labute approximate surface area is 511 Å². The average molecular weight is 1250 g/mol. The fraction of sp³-hybridized carbons (Fsp3) is 0.352. The number of methoxy groups -OCH3 is 1. The van der Waals surface area contributed by atoms with Crippen molar-refractivity contribution in [3.63, 3.8) is 0 Å². The predicted octanol–water partition coefficient (Wildman–Crippen LogP) is 11.7. The van der Waals surface area contributed by atoms with Crippen molar-refractivity contribution in [3.05, 3.63) is 235 Å². The van der Waals surface area contributed by atoms with Gasteiger partial charge in [-0.2, -0.15) is 0 Å². The first kappa shape index (κ1) is 60.9. The second-order valence-electron chi connectivity index (χ2n) is 23.1. The number of fused-ring (bicyclic) bond motifs is 3. The van der Waals surface area contributed by atoms with Gasteiger partial charge in [-0.25, -0.2) is 0 Å². The summed E-state index contributed by atoms with van der Waals surface area (Å²) in [4.78, 5) is 0.681. The molecule has 0 bridgehead atoms. The Morgan fingerprint density at radius 1 is 0.706 bits per heavy atom. The number of ether oxygens (including phenoxy) is 9. The molecule has 11 rings (SSSR count). The van der Waals surface area contributed by atoms with Crippen LogP contribution in [0.3, 0.4) is 0 Å². The van der Waals surface area contributed by atoms with Gasteiger partial charge >= 0.3 is 484 Å². The molecule has 4 aliphatic rings. The van der Waals surface area contributed by atoms with E-state index in [0.717, 1.165) is 33.2 Å². The molecule has 11 nitrogen and oxygen atoms in total. The first-order valence-corrected chi connectivity index (χ1v) is 34.6. The minimum atomic E-state index is -2.94. The van der Waals surface area contributed by atoms with Crippen molar-refractivity contribution in [2.24, 2.45) is 0 Å². The summed E-state index contributed by atoms with van der Waals surface area (Å²) < 4.78 is 84.4. The fourth-order valence-electron chi connectivity index (χ4n) is 12.1. The monoisotopic (exact) mass is 1250 g/mol. The van der Waals surface area contributed by atoms with Crippen molar-refractivity contribution in [3.8, 4) is 5.75 Å². The Balaban J connectivity index is 0.931. The SMILES string of the molecule is COc1ccc([C@@H]2OC[C@H]3O[C@@H](CCO[Si](c4ccccc4)(c4ccccc4)C(C)(C)C)[C@H](OC(C[C@H]4O[C@H]5CC=CCO[C@@H]5[C@@H](OCc5ccc6ccccc6c5)[C@@H]4O/C=C\[S@](=O)c4ccc(C)cc4)[Se]c4ccccc4)C/C=C\[C@@H]3O2)cc1. The van der Waals surface area contributed by atoms with Crippen molar-refractivity contribution in [2.45, 2.75) is 136 Å². The Morgan fingerprint density at radius 2 is 1.40 bits per heavy atom. The molecule has 0 aromatic heterocycles. The zero-order valence-corrected chi connectivity index (χ0v) is 52.6. The van der Waals surface area contributed by atoms with Crippen LogP contribution < -0.4 is 19.6 Å². The number of hydrogen-bond donors (Lipinski definition) is 0. The van der Waals surface area contributed by atoms with Crippen LogP contribution in [0.1, 0.15) is 69.4 Å². The Kier molecular flexibility index (Phi) is 20.6. The van der Waals surface area contributed by atoms with Crippen LogP contribution in [0.5, 0.6) is 5.75 Å². The van der Waals surface area contributed by atoms with Crippen molar-refractivity contribution in [1.82, 2.24) is 0 Å². The van der Waals surface area contributed by atoms with Crippen LogP contribution in [0.4, 0.5) is 0 Å². The molecule has 1 unspecified atom stereocenters. The van der Waals surface area contributed by atoms with Crippen LogP contribution in [0.15, 0.2) is 223 Å². The van der Waals surface area contributed by atoms with Crippen LogP contribution >= 0.6 is 0 Å². The first-order valence-electron chi connectivity index (χ1n) is 29.7. The standard InChI is InChI=1S/C71H78O11SSeSi/c1-50-31-39-56(40-32-50)83(72)45-44-75-68-64(80-63-28-17-18-42-74-67(63)69(68)76-48-51-33-34-52-20-15-16-21-54(52)46-51)47-66(84-57-22-9-6-10-23-57)81-60-29-19-30-61-65(49-77-70(82-61)53-35-37-55(73-5)38-36-53)79-62(60)41-43-78-85(71(2,3)4,58-24-11-7-12-25-58)59-26-13-8-14-27-59/h6-27,30-40,44-46,60-70H,28-29,41-43,47-49H2,1-5H3/b30-19-,45-44-/t60-,61+,62+,63+,64-,65-,66?,67+,68-,69-,70-,83+/m1/s1. The quantitative estimate of drug-likeness (QED) is 0.0390. The molecular formula is C71H78O11SSeSi. The third-order valence-electron chi connectivity index (χ3n) is 16.4. The average Bonchev–Trinajstić information content (AvgIpc) is 3.54. The summed E-state index contributed by atoms with van der Waals surface area (Å²) in [5, 5.41) is 5.74. The molecule has 0 spiro atoms. The van der Waals surface area contributed by atoms with Crippen LogP contribution in [-0.4, -0.2) is 114 Å². The number of benzene rings is 7. The second kappa shape index (κ2) is 28.8. The number of aryl methyl sites for hydroxylation is 1. The summed E-state index contributed by atoms with van der Waals surface area (Å²) in [6.07, 6.45) is 7.32. The van der Waals surface area contributed by atoms with Crippen LogP contribution in [-0.2, 0) is 59.7 Å². The normalized spacial score (nSPS) is 25.6. The molecule has 4 heterocycles. The Morgan fingerprint density at radius 3 is 2.12 bits per heavy atom. The van der Waals surface area contributed by atoms with Crippen molar-refractivity contribution in [2.75, 3.05) is 26.9 Å². The van der Waals surface area contributed by atoms with E-state index in [1.807, 2.05) is 67.6 Å². The van der Waals surface area contributed by atoms with E-state index < -0.39 is 68.1 Å². The van der Waals surface area contributed by atoms with E-state index in [-0.39, 0.29) is 37.2 Å². The molecule has 0 N–H and O–H groups in total. The summed E-state index contributed by atoms with van der Waals surface area (Å²) >= 11 is -0.233. The van der Waals surface area contributed by atoms with Crippen molar-refractivity contribution >= 4 is 59.7 Å². The Hall–Kier alpha value is -5.81. The van der Waals surface area contributed by atoms with Gasteiger partial charge in [0.15, 0.2) is 0 Å². The Bertz CT molecular complexity index is 3300. The zero-order chi connectivity index (χ0) is 58.6. The summed E-state index contributed by atoms with van der Waals surface area (Å²) in [6.45, 7) is 10.4. The molecule has 4 aliphatic heterocycles. The number of rotatable bonds is 21. The first-order chi connectivity index (χ1) is 41.5. The van der Waals surface area contributed by atoms with E-state index in [1.165, 1.54) is 14.8 Å². The van der Waals surface area contributed by atoms with Gasteiger partial charge in [0.2, 0.25) is 0 Å². The molecule has 7 aromatic rings. The predicted molar refractivity (Wildman–Crippen MR) is 339 cm³/mol. The second-order valence-corrected chi connectivity index (χ2v) is 31.4. The zero-order valence-electron chi connectivity index (χ0n) is 49.1. The minimum absolute atomic E-state index is 0.232. The summed E-state index contributed by atoms with van der Waals surface area (Å²) in [5.74, 6) is 0.763. The van der Waals surface area contributed by atoms with Gasteiger partial charge in [-0.15, -0.1) is 0 Å². The maximum absolute atomic E-state index is 13.8. The third-order valence-corrected chi connectivity index (χ3v) is 24.8. The fourth-order valence-corrected chi connectivity index (χ4v) is 19.7. The van der Waals surface area contributed by atoms with E-state index in [4.69, 9.17) is 47.1 Å². The molecule has 7 aromatic carbocycles. The van der Waals surface area contributed by atoms with Gasteiger partial charge in [0.1, 0.15) is 5.75 Å². The third kappa shape index (κ3) is 15.0. The maximum atomic E-state index is 13.8. The molecule has 14 heteroatoms.